The number of piperidine rings is 1. The van der Waals surface area contributed by atoms with Crippen molar-refractivity contribution in [3.63, 3.8) is 0 Å². The summed E-state index contributed by atoms with van der Waals surface area (Å²) in [7, 11) is 1.75. The Kier molecular flexibility index (Phi) is 4.87. The van der Waals surface area contributed by atoms with E-state index in [1.54, 1.807) is 7.11 Å². The number of rotatable bonds is 5. The molecular weight excluding hydrogens is 270 g/mol. The van der Waals surface area contributed by atoms with Crippen LogP contribution in [0.4, 0.5) is 0 Å². The summed E-state index contributed by atoms with van der Waals surface area (Å²) in [5.74, 6) is 2.06. The molecule has 2 aliphatic heterocycles. The van der Waals surface area contributed by atoms with Crippen LogP contribution in [-0.4, -0.2) is 50.2 Å². The van der Waals surface area contributed by atoms with E-state index >= 15 is 0 Å². The van der Waals surface area contributed by atoms with Crippen LogP contribution in [0.15, 0.2) is 4.52 Å². The maximum Gasteiger partial charge on any atom is 0.233 e. The molecule has 3 rings (SSSR count). The number of hydrogen-bond donors (Lipinski definition) is 1. The zero-order chi connectivity index (χ0) is 14.5. The van der Waals surface area contributed by atoms with Gasteiger partial charge in [0.1, 0.15) is 0 Å². The van der Waals surface area contributed by atoms with Gasteiger partial charge in [-0.2, -0.15) is 4.98 Å². The van der Waals surface area contributed by atoms with Gasteiger partial charge >= 0.3 is 0 Å². The number of ether oxygens (including phenoxy) is 2. The fraction of sp³-hybridized carbons (Fsp3) is 0.867. The van der Waals surface area contributed by atoms with Crippen molar-refractivity contribution in [2.75, 3.05) is 40.0 Å². The normalized spacial score (nSPS) is 23.3. The van der Waals surface area contributed by atoms with Crippen molar-refractivity contribution in [1.82, 2.24) is 15.5 Å². The molecule has 21 heavy (non-hydrogen) atoms. The minimum absolute atomic E-state index is 0.0162. The summed E-state index contributed by atoms with van der Waals surface area (Å²) in [5.41, 5.74) is -0.0162. The van der Waals surface area contributed by atoms with E-state index in [-0.39, 0.29) is 5.41 Å². The second kappa shape index (κ2) is 6.85. The molecule has 6 heteroatoms. The van der Waals surface area contributed by atoms with Gasteiger partial charge in [0.05, 0.1) is 5.41 Å². The summed E-state index contributed by atoms with van der Waals surface area (Å²) in [4.78, 5) is 4.77. The van der Waals surface area contributed by atoms with Crippen molar-refractivity contribution in [2.24, 2.45) is 0 Å². The van der Waals surface area contributed by atoms with Crippen molar-refractivity contribution in [3.8, 4) is 0 Å². The molecule has 2 saturated heterocycles. The molecule has 1 aromatic rings. The lowest BCUT2D eigenvalue weighted by molar-refractivity contribution is 0.0830. The fourth-order valence-electron chi connectivity index (χ4n) is 3.35. The van der Waals surface area contributed by atoms with Crippen LogP contribution in [0.1, 0.15) is 49.7 Å². The molecule has 1 N–H and O–H groups in total. The van der Waals surface area contributed by atoms with Crippen LogP contribution in [-0.2, 0) is 14.9 Å². The fourth-order valence-corrected chi connectivity index (χ4v) is 3.35. The van der Waals surface area contributed by atoms with Crippen molar-refractivity contribution in [1.29, 1.82) is 0 Å². The van der Waals surface area contributed by atoms with Gasteiger partial charge in [-0.3, -0.25) is 0 Å². The lowest BCUT2D eigenvalue weighted by Crippen LogP contribution is -2.41. The van der Waals surface area contributed by atoms with E-state index in [4.69, 9.17) is 19.0 Å². The molecule has 1 aromatic heterocycles. The number of nitrogens with one attached hydrogen (secondary N) is 1. The third kappa shape index (κ3) is 3.27. The van der Waals surface area contributed by atoms with E-state index in [1.807, 2.05) is 0 Å². The molecule has 0 spiro atoms. The van der Waals surface area contributed by atoms with Gasteiger partial charge in [0, 0.05) is 32.8 Å². The molecule has 2 fully saturated rings. The Morgan fingerprint density at radius 3 is 2.76 bits per heavy atom. The molecule has 0 aliphatic carbocycles. The lowest BCUT2D eigenvalue weighted by atomic mass is 9.76. The number of methoxy groups -OCH3 is 1. The SMILES string of the molecule is COCCC1(c2nc(C3CCOCC3)no2)CCNCC1. The van der Waals surface area contributed by atoms with Gasteiger partial charge in [0.15, 0.2) is 5.82 Å². The Morgan fingerprint density at radius 1 is 1.29 bits per heavy atom. The number of aromatic nitrogens is 2. The van der Waals surface area contributed by atoms with Gasteiger partial charge < -0.3 is 19.3 Å². The van der Waals surface area contributed by atoms with Gasteiger partial charge in [-0.05, 0) is 45.2 Å². The van der Waals surface area contributed by atoms with Crippen molar-refractivity contribution in [3.05, 3.63) is 11.7 Å². The van der Waals surface area contributed by atoms with Crippen molar-refractivity contribution >= 4 is 0 Å². The third-order valence-electron chi connectivity index (χ3n) is 4.83. The van der Waals surface area contributed by atoms with Gasteiger partial charge in [-0.25, -0.2) is 0 Å². The quantitative estimate of drug-likeness (QED) is 0.890. The molecule has 118 valence electrons. The average Bonchev–Trinajstić information content (AvgIpc) is 3.05. The summed E-state index contributed by atoms with van der Waals surface area (Å²) >= 11 is 0. The van der Waals surface area contributed by atoms with Crippen LogP contribution in [0, 0.1) is 0 Å². The highest BCUT2D eigenvalue weighted by Gasteiger charge is 2.39. The summed E-state index contributed by atoms with van der Waals surface area (Å²) in [6, 6.07) is 0. The lowest BCUT2D eigenvalue weighted by Gasteiger charge is -2.34. The van der Waals surface area contributed by atoms with E-state index < -0.39 is 0 Å². The maximum absolute atomic E-state index is 5.67. The van der Waals surface area contributed by atoms with E-state index in [2.05, 4.69) is 10.5 Å². The first kappa shape index (κ1) is 14.9. The van der Waals surface area contributed by atoms with Gasteiger partial charge in [0.25, 0.3) is 0 Å². The maximum atomic E-state index is 5.67. The zero-order valence-electron chi connectivity index (χ0n) is 12.8. The van der Waals surface area contributed by atoms with E-state index in [0.717, 1.165) is 76.7 Å². The van der Waals surface area contributed by atoms with Crippen LogP contribution in [0.2, 0.25) is 0 Å². The molecule has 0 bridgehead atoms. The smallest absolute Gasteiger partial charge is 0.233 e. The zero-order valence-corrected chi connectivity index (χ0v) is 12.8. The molecule has 0 amide bonds. The molecule has 0 saturated carbocycles. The monoisotopic (exact) mass is 295 g/mol. The predicted octanol–water partition coefficient (Wildman–Crippen LogP) is 1.62. The van der Waals surface area contributed by atoms with Gasteiger partial charge in [-0.1, -0.05) is 5.16 Å². The molecule has 0 aromatic carbocycles. The average molecular weight is 295 g/mol. The Bertz CT molecular complexity index is 437. The Morgan fingerprint density at radius 2 is 2.05 bits per heavy atom. The highest BCUT2D eigenvalue weighted by Crippen LogP contribution is 2.37. The van der Waals surface area contributed by atoms with Crippen LogP contribution < -0.4 is 5.32 Å². The molecule has 3 heterocycles. The second-order valence-electron chi connectivity index (χ2n) is 6.12. The number of hydrogen-bond acceptors (Lipinski definition) is 6. The highest BCUT2D eigenvalue weighted by molar-refractivity contribution is 5.09. The third-order valence-corrected chi connectivity index (χ3v) is 4.83. The minimum atomic E-state index is -0.0162. The molecule has 0 unspecified atom stereocenters. The van der Waals surface area contributed by atoms with Gasteiger partial charge in [-0.15, -0.1) is 0 Å². The van der Waals surface area contributed by atoms with Crippen molar-refractivity contribution in [2.45, 2.75) is 43.4 Å². The topological polar surface area (TPSA) is 69.4 Å². The van der Waals surface area contributed by atoms with Crippen LogP contribution in [0.3, 0.4) is 0 Å². The summed E-state index contributed by atoms with van der Waals surface area (Å²) in [5, 5.41) is 7.67. The first-order valence-electron chi connectivity index (χ1n) is 7.95. The van der Waals surface area contributed by atoms with Crippen LogP contribution in [0.5, 0.6) is 0 Å². The van der Waals surface area contributed by atoms with Crippen LogP contribution >= 0.6 is 0 Å². The molecule has 0 radical (unpaired) electrons. The van der Waals surface area contributed by atoms with Gasteiger partial charge in [0.2, 0.25) is 5.89 Å². The first-order chi connectivity index (χ1) is 10.3. The van der Waals surface area contributed by atoms with Crippen molar-refractivity contribution < 1.29 is 14.0 Å². The summed E-state index contributed by atoms with van der Waals surface area (Å²) in [6.45, 7) is 4.33. The first-order valence-corrected chi connectivity index (χ1v) is 7.95. The Hall–Kier alpha value is -0.980. The minimum Gasteiger partial charge on any atom is -0.385 e. The van der Waals surface area contributed by atoms with E-state index in [9.17, 15) is 0 Å². The predicted molar refractivity (Wildman–Crippen MR) is 77.4 cm³/mol. The Balaban J connectivity index is 1.77. The summed E-state index contributed by atoms with van der Waals surface area (Å²) < 4.78 is 16.4. The molecule has 6 nitrogen and oxygen atoms in total. The van der Waals surface area contributed by atoms with E-state index in [1.165, 1.54) is 0 Å². The second-order valence-corrected chi connectivity index (χ2v) is 6.12. The standard InChI is InChI=1S/C15H25N3O3/c1-19-11-6-15(4-7-16-8-5-15)14-17-13(18-21-14)12-2-9-20-10-3-12/h12,16H,2-11H2,1H3. The summed E-state index contributed by atoms with van der Waals surface area (Å²) in [6.07, 6.45) is 5.00. The highest BCUT2D eigenvalue weighted by atomic mass is 16.5. The largest absolute Gasteiger partial charge is 0.385 e. The number of nitrogens with zero attached hydrogens (tertiary/aromatic N) is 2. The Labute approximate surface area is 125 Å². The van der Waals surface area contributed by atoms with E-state index in [0.29, 0.717) is 5.92 Å². The molecular formula is C15H25N3O3. The molecule has 0 atom stereocenters. The van der Waals surface area contributed by atoms with Crippen LogP contribution in [0.25, 0.3) is 0 Å². The molecule has 2 aliphatic rings.